The van der Waals surface area contributed by atoms with E-state index in [2.05, 4.69) is 18.5 Å². The minimum Gasteiger partial charge on any atom is -0.455 e. The lowest BCUT2D eigenvalue weighted by atomic mass is 9.70. The van der Waals surface area contributed by atoms with E-state index in [0.717, 1.165) is 10.8 Å². The Bertz CT molecular complexity index is 1810. The first kappa shape index (κ1) is 37.0. The van der Waals surface area contributed by atoms with Crippen molar-refractivity contribution in [1.29, 1.82) is 0 Å². The molecule has 3 aromatic carbocycles. The zero-order chi connectivity index (χ0) is 37.0. The number of aliphatic hydroxyl groups is 1. The Hall–Kier alpha value is -4.80. The number of nitrogens with one attached hydrogen (secondary N) is 1. The smallest absolute Gasteiger partial charge is 0.313 e. The number of carbonyl (C=O) groups is 4. The summed E-state index contributed by atoms with van der Waals surface area (Å²) in [6.45, 7) is 11.5. The van der Waals surface area contributed by atoms with Gasteiger partial charge < -0.3 is 29.7 Å². The number of hydrogen-bond acceptors (Lipinski definition) is 7. The van der Waals surface area contributed by atoms with Crippen LogP contribution in [0.5, 0.6) is 0 Å². The number of amides is 3. The molecular formula is C42H49N3O7. The number of nitrogens with zero attached hydrogens (tertiary/aromatic N) is 2. The number of ether oxygens (including phenoxy) is 2. The molecule has 3 heterocycles. The molecule has 3 aromatic rings. The van der Waals surface area contributed by atoms with E-state index in [-0.39, 0.29) is 43.8 Å². The third-order valence-electron chi connectivity index (χ3n) is 10.7. The van der Waals surface area contributed by atoms with Crippen LogP contribution in [-0.2, 0) is 28.7 Å². The molecule has 274 valence electrons. The van der Waals surface area contributed by atoms with Crippen LogP contribution in [0.25, 0.3) is 10.8 Å². The molecule has 3 amide bonds. The normalized spacial score (nSPS) is 24.4. The van der Waals surface area contributed by atoms with Gasteiger partial charge in [-0.2, -0.15) is 0 Å². The Kier molecular flexibility index (Phi) is 11.3. The first-order valence-corrected chi connectivity index (χ1v) is 18.3. The lowest BCUT2D eigenvalue weighted by Crippen LogP contribution is -2.59. The summed E-state index contributed by atoms with van der Waals surface area (Å²) in [4.78, 5) is 59.9. The molecule has 52 heavy (non-hydrogen) atoms. The molecular weight excluding hydrogens is 658 g/mol. The van der Waals surface area contributed by atoms with Crippen LogP contribution < -0.4 is 10.2 Å². The number of fused-ring (bicyclic) bond motifs is 2. The van der Waals surface area contributed by atoms with Crippen LogP contribution in [0.3, 0.4) is 0 Å². The second-order valence-electron chi connectivity index (χ2n) is 14.5. The van der Waals surface area contributed by atoms with Crippen LogP contribution in [-0.4, -0.2) is 77.2 Å². The maximum absolute atomic E-state index is 15.1. The number of rotatable bonds is 16. The molecule has 10 heteroatoms. The lowest BCUT2D eigenvalue weighted by Gasteiger charge is -2.39. The van der Waals surface area contributed by atoms with Gasteiger partial charge >= 0.3 is 5.97 Å². The van der Waals surface area contributed by atoms with E-state index < -0.39 is 53.6 Å². The Labute approximate surface area is 305 Å². The number of aliphatic hydroxyl groups excluding tert-OH is 1. The third-order valence-corrected chi connectivity index (χ3v) is 10.7. The number of allylic oxidation sites excluding steroid dienone is 1. The van der Waals surface area contributed by atoms with Crippen molar-refractivity contribution < 1.29 is 33.8 Å². The van der Waals surface area contributed by atoms with Gasteiger partial charge in [-0.05, 0) is 60.1 Å². The molecule has 2 bridgehead atoms. The SMILES string of the molecule is C=CCCC(=O)NC[C@H](OC(=O)[C@@H]1[C@@H]2CC[C@]3(O2)[C@H](C(=O)N(CC=C)c2ccc4ccccc4c2)N([C@@H](CO)CC(C)C)C(=O)[C@@H]13)c1ccccc1. The number of likely N-dealkylation sites (tertiary alicyclic amines) is 1. The second-order valence-corrected chi connectivity index (χ2v) is 14.5. The van der Waals surface area contributed by atoms with Gasteiger partial charge in [-0.1, -0.05) is 86.7 Å². The van der Waals surface area contributed by atoms with Crippen molar-refractivity contribution >= 4 is 40.2 Å². The minimum absolute atomic E-state index is 0.0458. The van der Waals surface area contributed by atoms with Gasteiger partial charge in [-0.3, -0.25) is 19.2 Å². The Morgan fingerprint density at radius 3 is 2.48 bits per heavy atom. The average molecular weight is 708 g/mol. The summed E-state index contributed by atoms with van der Waals surface area (Å²) in [6, 6.07) is 21.0. The first-order chi connectivity index (χ1) is 25.1. The fraction of sp³-hybridized carbons (Fsp3) is 0.429. The van der Waals surface area contributed by atoms with Crippen LogP contribution in [0.1, 0.15) is 57.6 Å². The van der Waals surface area contributed by atoms with E-state index in [1.165, 1.54) is 4.90 Å². The summed E-state index contributed by atoms with van der Waals surface area (Å²) >= 11 is 0. The van der Waals surface area contributed by atoms with E-state index in [4.69, 9.17) is 9.47 Å². The van der Waals surface area contributed by atoms with Gasteiger partial charge in [-0.25, -0.2) is 0 Å². The summed E-state index contributed by atoms with van der Waals surface area (Å²) in [5.41, 5.74) is 0.0352. The highest BCUT2D eigenvalue weighted by Gasteiger charge is 2.75. The monoisotopic (exact) mass is 707 g/mol. The van der Waals surface area contributed by atoms with E-state index >= 15 is 4.79 Å². The molecule has 0 radical (unpaired) electrons. The van der Waals surface area contributed by atoms with Crippen molar-refractivity contribution in [2.45, 2.75) is 75.8 Å². The topological polar surface area (TPSA) is 125 Å². The highest BCUT2D eigenvalue weighted by Crippen LogP contribution is 2.59. The summed E-state index contributed by atoms with van der Waals surface area (Å²) in [7, 11) is 0. The summed E-state index contributed by atoms with van der Waals surface area (Å²) in [5, 5.41) is 15.6. The van der Waals surface area contributed by atoms with E-state index in [1.54, 1.807) is 17.1 Å². The van der Waals surface area contributed by atoms with Crippen LogP contribution in [0.2, 0.25) is 0 Å². The molecule has 10 nitrogen and oxygen atoms in total. The molecule has 0 unspecified atom stereocenters. The predicted molar refractivity (Wildman–Crippen MR) is 199 cm³/mol. The quantitative estimate of drug-likeness (QED) is 0.149. The van der Waals surface area contributed by atoms with E-state index in [9.17, 15) is 19.5 Å². The largest absolute Gasteiger partial charge is 0.455 e. The van der Waals surface area contributed by atoms with E-state index in [0.29, 0.717) is 36.9 Å². The van der Waals surface area contributed by atoms with Gasteiger partial charge in [0.2, 0.25) is 11.8 Å². The number of hydrogen-bond donors (Lipinski definition) is 2. The molecule has 3 saturated heterocycles. The van der Waals surface area contributed by atoms with Gasteiger partial charge in [0.25, 0.3) is 5.91 Å². The molecule has 3 fully saturated rings. The number of benzene rings is 3. The average Bonchev–Trinajstić information content (AvgIpc) is 3.80. The van der Waals surface area contributed by atoms with Crippen molar-refractivity contribution in [1.82, 2.24) is 10.2 Å². The van der Waals surface area contributed by atoms with Crippen molar-refractivity contribution in [3.8, 4) is 0 Å². The van der Waals surface area contributed by atoms with Gasteiger partial charge in [0.1, 0.15) is 17.7 Å². The van der Waals surface area contributed by atoms with Crippen molar-refractivity contribution in [2.24, 2.45) is 17.8 Å². The Balaban J connectivity index is 1.35. The van der Waals surface area contributed by atoms with Crippen molar-refractivity contribution in [2.75, 3.05) is 24.6 Å². The van der Waals surface area contributed by atoms with Crippen LogP contribution >= 0.6 is 0 Å². The summed E-state index contributed by atoms with van der Waals surface area (Å²) < 4.78 is 12.9. The van der Waals surface area contributed by atoms with Gasteiger partial charge in [-0.15, -0.1) is 13.2 Å². The summed E-state index contributed by atoms with van der Waals surface area (Å²) in [6.07, 6.45) is 3.94. The number of anilines is 1. The molecule has 3 aliphatic heterocycles. The zero-order valence-electron chi connectivity index (χ0n) is 30.0. The van der Waals surface area contributed by atoms with Gasteiger partial charge in [0.05, 0.1) is 37.1 Å². The molecule has 7 atom stereocenters. The molecule has 2 N–H and O–H groups in total. The maximum Gasteiger partial charge on any atom is 0.313 e. The Morgan fingerprint density at radius 2 is 1.79 bits per heavy atom. The molecule has 0 aromatic heterocycles. The fourth-order valence-electron chi connectivity index (χ4n) is 8.44. The van der Waals surface area contributed by atoms with Gasteiger partial charge in [0, 0.05) is 18.7 Å². The molecule has 0 saturated carbocycles. The molecule has 3 aliphatic rings. The third kappa shape index (κ3) is 7.01. The molecule has 0 aliphatic carbocycles. The molecule has 1 spiro atoms. The standard InChI is InChI=1S/C42H49N3O7/c1-5-7-17-35(47)43-25-34(29-14-9-8-10-15-29)51-41(50)36-33-20-21-42(52-33)37(36)39(48)45(32(26-46)23-27(3)4)38(42)40(49)44(22-6-2)31-19-18-28-13-11-12-16-30(28)24-31/h5-6,8-16,18-19,24,27,32-34,36-38,46H,1-2,7,17,20-23,25-26H2,3-4H3,(H,43,47)/t32-,33+,34+,36-,37-,38+,42-/m1/s1. The zero-order valence-corrected chi connectivity index (χ0v) is 30.0. The molecule has 6 rings (SSSR count). The van der Waals surface area contributed by atoms with E-state index in [1.807, 2.05) is 86.6 Å². The number of esters is 1. The van der Waals surface area contributed by atoms with Crippen LogP contribution in [0.4, 0.5) is 5.69 Å². The highest BCUT2D eigenvalue weighted by molar-refractivity contribution is 6.05. The Morgan fingerprint density at radius 1 is 1.06 bits per heavy atom. The van der Waals surface area contributed by atoms with Gasteiger partial charge in [0.15, 0.2) is 0 Å². The minimum atomic E-state index is -1.30. The van der Waals surface area contributed by atoms with Crippen LogP contribution in [0, 0.1) is 17.8 Å². The highest BCUT2D eigenvalue weighted by atomic mass is 16.6. The lowest BCUT2D eigenvalue weighted by molar-refractivity contribution is -0.161. The van der Waals surface area contributed by atoms with Crippen molar-refractivity contribution in [3.05, 3.63) is 104 Å². The van der Waals surface area contributed by atoms with Crippen molar-refractivity contribution in [3.63, 3.8) is 0 Å². The first-order valence-electron chi connectivity index (χ1n) is 18.3. The number of carbonyl (C=O) groups excluding carboxylic acids is 4. The van der Waals surface area contributed by atoms with Crippen LogP contribution in [0.15, 0.2) is 98.1 Å². The summed E-state index contributed by atoms with van der Waals surface area (Å²) in [5.74, 6) is -3.42. The fourth-order valence-corrected chi connectivity index (χ4v) is 8.44. The predicted octanol–water partition coefficient (Wildman–Crippen LogP) is 5.51. The maximum atomic E-state index is 15.1. The second kappa shape index (κ2) is 15.8.